The first-order chi connectivity index (χ1) is 7.56. The molecule has 1 aromatic rings. The van der Waals surface area contributed by atoms with E-state index < -0.39 is 11.5 Å². The number of fused-ring (bicyclic) bond motifs is 1. The molecule has 1 aliphatic carbocycles. The lowest BCUT2D eigenvalue weighted by atomic mass is 9.76. The lowest BCUT2D eigenvalue weighted by Crippen LogP contribution is -2.45. The Morgan fingerprint density at radius 1 is 1.62 bits per heavy atom. The number of nitrogens with zero attached hydrogens (tertiary/aromatic N) is 1. The van der Waals surface area contributed by atoms with Crippen molar-refractivity contribution in [1.29, 1.82) is 0 Å². The van der Waals surface area contributed by atoms with E-state index in [0.717, 1.165) is 30.6 Å². The summed E-state index contributed by atoms with van der Waals surface area (Å²) in [6.45, 7) is 0. The first-order valence-corrected chi connectivity index (χ1v) is 5.52. The lowest BCUT2D eigenvalue weighted by molar-refractivity contribution is -0.140. The molecule has 0 saturated carbocycles. The maximum Gasteiger partial charge on any atom is 0.305 e. The number of aryl methyl sites for hydroxylation is 1. The molecule has 2 rings (SSSR count). The van der Waals surface area contributed by atoms with Gasteiger partial charge in [0.05, 0.1) is 18.2 Å². The zero-order chi connectivity index (χ0) is 11.8. The van der Waals surface area contributed by atoms with Gasteiger partial charge < -0.3 is 9.52 Å². The summed E-state index contributed by atoms with van der Waals surface area (Å²) in [7, 11) is 3.87. The van der Waals surface area contributed by atoms with Crippen LogP contribution in [0.4, 0.5) is 0 Å². The van der Waals surface area contributed by atoms with Gasteiger partial charge in [0, 0.05) is 12.0 Å². The van der Waals surface area contributed by atoms with Gasteiger partial charge in [-0.3, -0.25) is 9.69 Å². The Bertz CT molecular complexity index is 397. The highest BCUT2D eigenvalue weighted by atomic mass is 16.4. The van der Waals surface area contributed by atoms with E-state index in [1.807, 2.05) is 25.1 Å². The second kappa shape index (κ2) is 3.94. The summed E-state index contributed by atoms with van der Waals surface area (Å²) in [5, 5.41) is 9.09. The monoisotopic (exact) mass is 223 g/mol. The van der Waals surface area contributed by atoms with Crippen molar-refractivity contribution in [2.24, 2.45) is 0 Å². The molecule has 16 heavy (non-hydrogen) atoms. The third-order valence-corrected chi connectivity index (χ3v) is 3.54. The summed E-state index contributed by atoms with van der Waals surface area (Å²) in [6, 6.07) is 1.91. The van der Waals surface area contributed by atoms with Gasteiger partial charge in [0.25, 0.3) is 0 Å². The maximum absolute atomic E-state index is 11.1. The average molecular weight is 223 g/mol. The van der Waals surface area contributed by atoms with Crippen molar-refractivity contribution in [3.8, 4) is 0 Å². The fourth-order valence-corrected chi connectivity index (χ4v) is 2.68. The van der Waals surface area contributed by atoms with E-state index in [9.17, 15) is 4.79 Å². The molecule has 1 heterocycles. The molecule has 1 aromatic heterocycles. The van der Waals surface area contributed by atoms with Crippen molar-refractivity contribution in [2.45, 2.75) is 31.2 Å². The summed E-state index contributed by atoms with van der Waals surface area (Å²) >= 11 is 0. The standard InChI is InChI=1S/C12H17NO3/c1-13(2)12(8-11(14)15)6-3-4-10-9(12)5-7-16-10/h5,7H,3-4,6,8H2,1-2H3,(H,14,15). The number of hydrogen-bond donors (Lipinski definition) is 1. The van der Waals surface area contributed by atoms with E-state index >= 15 is 0 Å². The second-order valence-corrected chi connectivity index (χ2v) is 4.61. The van der Waals surface area contributed by atoms with Crippen molar-refractivity contribution < 1.29 is 14.3 Å². The fourth-order valence-electron chi connectivity index (χ4n) is 2.68. The summed E-state index contributed by atoms with van der Waals surface area (Å²) in [5.41, 5.74) is 0.651. The molecule has 4 heteroatoms. The molecule has 4 nitrogen and oxygen atoms in total. The number of hydrogen-bond acceptors (Lipinski definition) is 3. The Labute approximate surface area is 94.9 Å². The van der Waals surface area contributed by atoms with Gasteiger partial charge in [0.15, 0.2) is 0 Å². The molecule has 1 N–H and O–H groups in total. The van der Waals surface area contributed by atoms with Gasteiger partial charge in [-0.05, 0) is 33.0 Å². The first kappa shape index (κ1) is 11.2. The van der Waals surface area contributed by atoms with Crippen LogP contribution in [-0.4, -0.2) is 30.1 Å². The van der Waals surface area contributed by atoms with Gasteiger partial charge >= 0.3 is 5.97 Å². The molecule has 88 valence electrons. The molecule has 1 atom stereocenters. The Morgan fingerprint density at radius 2 is 2.38 bits per heavy atom. The number of carboxylic acid groups (broad SMARTS) is 1. The van der Waals surface area contributed by atoms with Gasteiger partial charge in [-0.15, -0.1) is 0 Å². The summed E-state index contributed by atoms with van der Waals surface area (Å²) in [5.74, 6) is 0.184. The SMILES string of the molecule is CN(C)C1(CC(=O)O)CCCc2occc21. The predicted octanol–water partition coefficient (Wildman–Crippen LogP) is 1.85. The molecule has 1 aliphatic rings. The molecule has 0 fully saturated rings. The smallest absolute Gasteiger partial charge is 0.305 e. The maximum atomic E-state index is 11.1. The molecule has 0 saturated heterocycles. The van der Waals surface area contributed by atoms with E-state index in [4.69, 9.17) is 9.52 Å². The summed E-state index contributed by atoms with van der Waals surface area (Å²) in [4.78, 5) is 13.1. The molecule has 1 unspecified atom stereocenters. The minimum atomic E-state index is -0.761. The van der Waals surface area contributed by atoms with Crippen LogP contribution in [0.15, 0.2) is 16.7 Å². The highest BCUT2D eigenvalue weighted by Gasteiger charge is 2.41. The minimum Gasteiger partial charge on any atom is -0.481 e. The minimum absolute atomic E-state index is 0.131. The van der Waals surface area contributed by atoms with Crippen LogP contribution in [0.3, 0.4) is 0 Å². The summed E-state index contributed by atoms with van der Waals surface area (Å²) in [6.07, 6.45) is 4.56. The van der Waals surface area contributed by atoms with Crippen molar-refractivity contribution in [1.82, 2.24) is 4.90 Å². The molecule has 0 aliphatic heterocycles. The van der Waals surface area contributed by atoms with E-state index in [1.165, 1.54) is 0 Å². The van der Waals surface area contributed by atoms with Crippen LogP contribution in [0.5, 0.6) is 0 Å². The van der Waals surface area contributed by atoms with Crippen LogP contribution < -0.4 is 0 Å². The van der Waals surface area contributed by atoms with Crippen LogP contribution in [0.25, 0.3) is 0 Å². The third-order valence-electron chi connectivity index (χ3n) is 3.54. The highest BCUT2D eigenvalue weighted by molar-refractivity contribution is 5.69. The Kier molecular flexibility index (Phi) is 2.76. The van der Waals surface area contributed by atoms with Crippen molar-refractivity contribution in [3.63, 3.8) is 0 Å². The van der Waals surface area contributed by atoms with Gasteiger partial charge in [-0.2, -0.15) is 0 Å². The topological polar surface area (TPSA) is 53.7 Å². The molecule has 0 radical (unpaired) electrons. The fraction of sp³-hybridized carbons (Fsp3) is 0.583. The van der Waals surface area contributed by atoms with Gasteiger partial charge in [0.2, 0.25) is 0 Å². The molecule has 0 amide bonds. The highest BCUT2D eigenvalue weighted by Crippen LogP contribution is 2.42. The molecular formula is C12H17NO3. The Balaban J connectivity index is 2.45. The van der Waals surface area contributed by atoms with Crippen molar-refractivity contribution in [3.05, 3.63) is 23.7 Å². The van der Waals surface area contributed by atoms with Crippen LogP contribution in [-0.2, 0) is 16.8 Å². The largest absolute Gasteiger partial charge is 0.481 e. The Morgan fingerprint density at radius 3 is 3.00 bits per heavy atom. The number of rotatable bonds is 3. The van der Waals surface area contributed by atoms with Crippen molar-refractivity contribution >= 4 is 5.97 Å². The molecule has 0 aromatic carbocycles. The molecule has 0 spiro atoms. The zero-order valence-electron chi connectivity index (χ0n) is 9.69. The third kappa shape index (κ3) is 1.63. The van der Waals surface area contributed by atoms with Gasteiger partial charge in [-0.25, -0.2) is 0 Å². The van der Waals surface area contributed by atoms with Crippen LogP contribution >= 0.6 is 0 Å². The number of carboxylic acids is 1. The quantitative estimate of drug-likeness (QED) is 0.849. The lowest BCUT2D eigenvalue weighted by Gasteiger charge is -2.41. The first-order valence-electron chi connectivity index (χ1n) is 5.52. The van der Waals surface area contributed by atoms with E-state index in [1.54, 1.807) is 6.26 Å². The molecule has 0 bridgehead atoms. The van der Waals surface area contributed by atoms with E-state index in [0.29, 0.717) is 0 Å². The van der Waals surface area contributed by atoms with Gasteiger partial charge in [-0.1, -0.05) is 0 Å². The van der Waals surface area contributed by atoms with Crippen LogP contribution in [0.2, 0.25) is 0 Å². The van der Waals surface area contributed by atoms with E-state index in [-0.39, 0.29) is 6.42 Å². The number of aliphatic carboxylic acids is 1. The average Bonchev–Trinajstić information content (AvgIpc) is 2.65. The molecular weight excluding hydrogens is 206 g/mol. The van der Waals surface area contributed by atoms with Crippen LogP contribution in [0, 0.1) is 0 Å². The Hall–Kier alpha value is -1.29. The summed E-state index contributed by atoms with van der Waals surface area (Å²) < 4.78 is 5.42. The van der Waals surface area contributed by atoms with Gasteiger partial charge in [0.1, 0.15) is 5.76 Å². The van der Waals surface area contributed by atoms with E-state index in [2.05, 4.69) is 0 Å². The zero-order valence-corrected chi connectivity index (χ0v) is 9.69. The second-order valence-electron chi connectivity index (χ2n) is 4.61. The van der Waals surface area contributed by atoms with Crippen LogP contribution in [0.1, 0.15) is 30.6 Å². The number of carbonyl (C=O) groups is 1. The normalized spacial score (nSPS) is 24.4. The predicted molar refractivity (Wildman–Crippen MR) is 59.3 cm³/mol. The van der Waals surface area contributed by atoms with Crippen molar-refractivity contribution in [2.75, 3.05) is 14.1 Å². The number of furan rings is 1.